The highest BCUT2D eigenvalue weighted by Crippen LogP contribution is 2.27. The summed E-state index contributed by atoms with van der Waals surface area (Å²) in [6, 6.07) is 9.09. The number of rotatable bonds is 8. The first-order valence-corrected chi connectivity index (χ1v) is 8.30. The average Bonchev–Trinajstić information content (AvgIpc) is 2.60. The van der Waals surface area contributed by atoms with Gasteiger partial charge in [-0.1, -0.05) is 12.1 Å². The second kappa shape index (κ2) is 8.89. The van der Waals surface area contributed by atoms with E-state index in [1.165, 1.54) is 24.3 Å². The van der Waals surface area contributed by atoms with Gasteiger partial charge in [-0.05, 0) is 24.3 Å². The van der Waals surface area contributed by atoms with Crippen molar-refractivity contribution in [1.29, 1.82) is 0 Å². The number of nitrogens with two attached hydrogens (primary N) is 4. The van der Waals surface area contributed by atoms with Crippen LogP contribution < -0.4 is 22.9 Å². The van der Waals surface area contributed by atoms with E-state index < -0.39 is 24.4 Å². The smallest absolute Gasteiger partial charge is 0.109 e. The topological polar surface area (TPSA) is 194 Å². The Morgan fingerprint density at radius 2 is 1.04 bits per heavy atom. The van der Waals surface area contributed by atoms with Crippen LogP contribution in [0.5, 0.6) is 0 Å². The molecule has 0 spiro atoms. The fourth-order valence-electron chi connectivity index (χ4n) is 2.63. The Bertz CT molecular complexity index is 710. The third kappa shape index (κ3) is 5.22. The molecule has 0 aliphatic rings. The second-order valence-corrected chi connectivity index (χ2v) is 6.34. The van der Waals surface area contributed by atoms with Crippen molar-refractivity contribution in [2.24, 2.45) is 0 Å². The fourth-order valence-corrected chi connectivity index (χ4v) is 2.63. The molecular weight excluding hydrogens is 352 g/mol. The molecule has 0 aliphatic heterocycles. The van der Waals surface area contributed by atoms with Crippen molar-refractivity contribution in [1.82, 2.24) is 0 Å². The molecule has 0 radical (unpaired) electrons. The largest absolute Gasteiger partial charge is 0.399 e. The van der Waals surface area contributed by atoms with Crippen LogP contribution in [0.4, 0.5) is 22.7 Å². The Hall–Kier alpha value is -2.56. The van der Waals surface area contributed by atoms with Crippen LogP contribution in [0.1, 0.15) is 23.3 Å². The van der Waals surface area contributed by atoms with Crippen LogP contribution in [0.25, 0.3) is 0 Å². The van der Waals surface area contributed by atoms with Crippen LogP contribution in [-0.4, -0.2) is 45.8 Å². The molecule has 0 aliphatic carbocycles. The molecule has 0 saturated carbocycles. The molecule has 0 heterocycles. The summed E-state index contributed by atoms with van der Waals surface area (Å²) in [7, 11) is 0. The van der Waals surface area contributed by atoms with Gasteiger partial charge in [0.1, 0.15) is 24.4 Å². The minimum Gasteiger partial charge on any atom is -0.399 e. The van der Waals surface area contributed by atoms with E-state index in [1.54, 1.807) is 12.1 Å². The first-order valence-electron chi connectivity index (χ1n) is 8.30. The lowest BCUT2D eigenvalue weighted by atomic mass is 10.0. The Balaban J connectivity index is 1.88. The molecule has 27 heavy (non-hydrogen) atoms. The minimum atomic E-state index is -1.29. The summed E-state index contributed by atoms with van der Waals surface area (Å²) in [6.07, 6.45) is -5.16. The number of aliphatic hydroxyl groups is 4. The first kappa shape index (κ1) is 20.7. The highest BCUT2D eigenvalue weighted by molar-refractivity contribution is 5.58. The zero-order valence-electron chi connectivity index (χ0n) is 14.7. The van der Waals surface area contributed by atoms with E-state index in [9.17, 15) is 20.4 Å². The third-order valence-electron chi connectivity index (χ3n) is 4.17. The van der Waals surface area contributed by atoms with Crippen LogP contribution in [-0.2, 0) is 4.74 Å². The summed E-state index contributed by atoms with van der Waals surface area (Å²) in [5, 5.41) is 40.5. The summed E-state index contributed by atoms with van der Waals surface area (Å²) in [4.78, 5) is 0. The molecule has 0 aromatic heterocycles. The number of benzene rings is 2. The van der Waals surface area contributed by atoms with Crippen molar-refractivity contribution < 1.29 is 25.2 Å². The molecule has 0 fully saturated rings. The molecule has 9 nitrogen and oxygen atoms in total. The van der Waals surface area contributed by atoms with Crippen molar-refractivity contribution in [2.75, 3.05) is 36.1 Å². The second-order valence-electron chi connectivity index (χ2n) is 6.34. The molecule has 2 aromatic rings. The van der Waals surface area contributed by atoms with Crippen LogP contribution in [0.3, 0.4) is 0 Å². The molecule has 2 aromatic carbocycles. The summed E-state index contributed by atoms with van der Waals surface area (Å²) in [6.45, 7) is -0.571. The van der Waals surface area contributed by atoms with Crippen LogP contribution in [0, 0.1) is 0 Å². The molecule has 4 atom stereocenters. The van der Waals surface area contributed by atoms with E-state index in [0.717, 1.165) is 0 Å². The van der Waals surface area contributed by atoms with Gasteiger partial charge in [-0.2, -0.15) is 0 Å². The minimum absolute atomic E-state index is 0.246. The first-order chi connectivity index (χ1) is 12.7. The van der Waals surface area contributed by atoms with Crippen molar-refractivity contribution >= 4 is 22.7 Å². The monoisotopic (exact) mass is 378 g/mol. The van der Waals surface area contributed by atoms with Gasteiger partial charge < -0.3 is 48.1 Å². The van der Waals surface area contributed by atoms with Crippen molar-refractivity contribution in [3.8, 4) is 0 Å². The summed E-state index contributed by atoms with van der Waals surface area (Å²) in [5.74, 6) is 0. The Kier molecular flexibility index (Phi) is 6.83. The van der Waals surface area contributed by atoms with E-state index >= 15 is 0 Å². The van der Waals surface area contributed by atoms with Gasteiger partial charge in [-0.25, -0.2) is 0 Å². The number of hydrogen-bond donors (Lipinski definition) is 8. The number of anilines is 4. The molecule has 9 heteroatoms. The highest BCUT2D eigenvalue weighted by atomic mass is 16.5. The number of hydrogen-bond acceptors (Lipinski definition) is 9. The third-order valence-corrected chi connectivity index (χ3v) is 4.17. The predicted molar refractivity (Wildman–Crippen MR) is 103 cm³/mol. The van der Waals surface area contributed by atoms with Crippen molar-refractivity contribution in [3.63, 3.8) is 0 Å². The lowest BCUT2D eigenvalue weighted by molar-refractivity contribution is -0.0785. The highest BCUT2D eigenvalue weighted by Gasteiger charge is 2.24. The Labute approximate surface area is 156 Å². The molecule has 4 unspecified atom stereocenters. The SMILES string of the molecule is Nc1ccc(C(O)C(O)COCC(O)C(O)c2ccc(N)cc2N)c(N)c1. The van der Waals surface area contributed by atoms with Gasteiger partial charge in [0.2, 0.25) is 0 Å². The number of ether oxygens (including phenoxy) is 1. The molecule has 2 rings (SSSR count). The van der Waals surface area contributed by atoms with Crippen LogP contribution in [0.2, 0.25) is 0 Å². The van der Waals surface area contributed by atoms with Crippen molar-refractivity contribution in [3.05, 3.63) is 47.5 Å². The quantitative estimate of drug-likeness (QED) is 0.280. The summed E-state index contributed by atoms with van der Waals surface area (Å²) >= 11 is 0. The van der Waals surface area contributed by atoms with Gasteiger partial charge in [0, 0.05) is 33.9 Å². The van der Waals surface area contributed by atoms with E-state index in [0.29, 0.717) is 22.5 Å². The summed E-state index contributed by atoms with van der Waals surface area (Å²) in [5.41, 5.74) is 24.8. The average molecular weight is 378 g/mol. The van der Waals surface area contributed by atoms with E-state index in [2.05, 4.69) is 0 Å². The fraction of sp³-hybridized carbons (Fsp3) is 0.333. The number of nitrogen functional groups attached to an aromatic ring is 4. The van der Waals surface area contributed by atoms with Gasteiger partial charge in [-0.15, -0.1) is 0 Å². The molecule has 0 amide bonds. The van der Waals surface area contributed by atoms with Crippen LogP contribution in [0.15, 0.2) is 36.4 Å². The van der Waals surface area contributed by atoms with Gasteiger partial charge in [0.15, 0.2) is 0 Å². The van der Waals surface area contributed by atoms with E-state index in [1.807, 2.05) is 0 Å². The Morgan fingerprint density at radius 1 is 0.667 bits per heavy atom. The Morgan fingerprint density at radius 3 is 1.37 bits per heavy atom. The van der Waals surface area contributed by atoms with Gasteiger partial charge >= 0.3 is 0 Å². The maximum atomic E-state index is 10.2. The number of aliphatic hydroxyl groups excluding tert-OH is 4. The maximum absolute atomic E-state index is 10.2. The zero-order valence-corrected chi connectivity index (χ0v) is 14.7. The zero-order chi connectivity index (χ0) is 20.1. The molecular formula is C18H26N4O5. The van der Waals surface area contributed by atoms with Gasteiger partial charge in [0.25, 0.3) is 0 Å². The van der Waals surface area contributed by atoms with E-state index in [4.69, 9.17) is 27.7 Å². The summed E-state index contributed by atoms with van der Waals surface area (Å²) < 4.78 is 5.22. The molecule has 0 bridgehead atoms. The van der Waals surface area contributed by atoms with E-state index in [-0.39, 0.29) is 24.6 Å². The predicted octanol–water partition coefficient (Wildman–Crippen LogP) is -0.479. The lowest BCUT2D eigenvalue weighted by Gasteiger charge is -2.23. The maximum Gasteiger partial charge on any atom is 0.109 e. The van der Waals surface area contributed by atoms with Gasteiger partial charge in [0.05, 0.1) is 13.2 Å². The van der Waals surface area contributed by atoms with Crippen LogP contribution >= 0.6 is 0 Å². The lowest BCUT2D eigenvalue weighted by Crippen LogP contribution is -2.29. The molecule has 148 valence electrons. The molecule has 0 saturated heterocycles. The normalized spacial score (nSPS) is 15.9. The molecule has 12 N–H and O–H groups in total. The van der Waals surface area contributed by atoms with Gasteiger partial charge in [-0.3, -0.25) is 0 Å². The standard InChI is InChI=1S/C18H26N4O5/c19-9-1-3-11(13(21)5-9)17(25)15(23)7-27-8-16(24)18(26)12-4-2-10(20)6-14(12)22/h1-6,15-18,23-26H,7-8,19-22H2. The van der Waals surface area contributed by atoms with Crippen molar-refractivity contribution in [2.45, 2.75) is 24.4 Å².